The lowest BCUT2D eigenvalue weighted by atomic mass is 9.99. The lowest BCUT2D eigenvalue weighted by Gasteiger charge is -2.33. The fourth-order valence-electron chi connectivity index (χ4n) is 3.38. The van der Waals surface area contributed by atoms with Crippen molar-refractivity contribution in [1.29, 1.82) is 0 Å². The van der Waals surface area contributed by atoms with E-state index in [4.69, 9.17) is 14.6 Å². The van der Waals surface area contributed by atoms with E-state index in [2.05, 4.69) is 31.0 Å². The molecule has 1 N–H and O–H groups in total. The Morgan fingerprint density at radius 3 is 2.53 bits per heavy atom. The number of allylic oxidation sites excluding steroid dienone is 2. The van der Waals surface area contributed by atoms with Crippen LogP contribution in [0.5, 0.6) is 5.75 Å². The molecular weight excluding hydrogens is 402 g/mol. The van der Waals surface area contributed by atoms with Gasteiger partial charge in [-0.25, -0.2) is 0 Å². The minimum atomic E-state index is 0.127. The second kappa shape index (κ2) is 11.9. The second-order valence-corrected chi connectivity index (χ2v) is 8.52. The van der Waals surface area contributed by atoms with Gasteiger partial charge in [0, 0.05) is 61.7 Å². The monoisotopic (exact) mass is 433 g/mol. The summed E-state index contributed by atoms with van der Waals surface area (Å²) in [6, 6.07) is 6.68. The van der Waals surface area contributed by atoms with Crippen LogP contribution >= 0.6 is 11.8 Å². The maximum atomic E-state index is 11.2. The van der Waals surface area contributed by atoms with E-state index in [0.717, 1.165) is 41.0 Å². The summed E-state index contributed by atoms with van der Waals surface area (Å²) in [6.45, 7) is 3.41. The van der Waals surface area contributed by atoms with Crippen molar-refractivity contribution >= 4 is 30.0 Å². The van der Waals surface area contributed by atoms with Gasteiger partial charge in [-0.15, -0.1) is 11.8 Å². The van der Waals surface area contributed by atoms with Gasteiger partial charge in [-0.05, 0) is 49.6 Å². The molecule has 1 aliphatic carbocycles. The standard InChI is InChI=1S/C22H27NO4S.CH4O/c1-15-20(11-16(13-24)14-25)22(23(2)17-5-6-17)19-8-7-18(12-21(19)28-15)27-10-4-9-26-3;1-2/h7-8,11-15,17H,4-6,9-10H2,1-3H3;2H,1H3. The molecule has 0 radical (unpaired) electrons. The number of aliphatic hydroxyl groups excluding tert-OH is 1. The molecule has 6 nitrogen and oxygen atoms in total. The normalized spacial score (nSPS) is 17.3. The maximum Gasteiger partial charge on any atom is 0.153 e. The van der Waals surface area contributed by atoms with Gasteiger partial charge in [0.2, 0.25) is 0 Å². The number of carbonyl (C=O) groups is 2. The van der Waals surface area contributed by atoms with E-state index in [-0.39, 0.29) is 10.8 Å². The molecule has 0 saturated heterocycles. The number of hydrogen-bond acceptors (Lipinski definition) is 7. The molecule has 1 atom stereocenters. The summed E-state index contributed by atoms with van der Waals surface area (Å²) < 4.78 is 10.9. The number of ether oxygens (including phenoxy) is 2. The first-order chi connectivity index (χ1) is 14.6. The first-order valence-electron chi connectivity index (χ1n) is 10.1. The lowest BCUT2D eigenvalue weighted by Crippen LogP contribution is -2.25. The fourth-order valence-corrected chi connectivity index (χ4v) is 4.54. The number of methoxy groups -OCH3 is 1. The van der Waals surface area contributed by atoms with Gasteiger partial charge in [-0.3, -0.25) is 9.59 Å². The highest BCUT2D eigenvalue weighted by atomic mass is 32.2. The minimum absolute atomic E-state index is 0.127. The Morgan fingerprint density at radius 1 is 1.23 bits per heavy atom. The molecule has 3 rings (SSSR count). The van der Waals surface area contributed by atoms with Gasteiger partial charge in [0.05, 0.1) is 12.2 Å². The molecule has 1 fully saturated rings. The van der Waals surface area contributed by atoms with Crippen LogP contribution in [0.2, 0.25) is 0 Å². The number of thioether (sulfide) groups is 1. The molecule has 1 aliphatic heterocycles. The topological polar surface area (TPSA) is 76.1 Å². The molecular formula is C23H31NO5S. The highest BCUT2D eigenvalue weighted by Crippen LogP contribution is 2.47. The zero-order valence-corrected chi connectivity index (χ0v) is 18.9. The number of fused-ring (bicyclic) bond motifs is 1. The van der Waals surface area contributed by atoms with Crippen molar-refractivity contribution in [2.24, 2.45) is 0 Å². The molecule has 2 aliphatic rings. The molecule has 0 spiro atoms. The third-order valence-corrected chi connectivity index (χ3v) is 6.23. The molecule has 164 valence electrons. The van der Waals surface area contributed by atoms with Crippen LogP contribution < -0.4 is 4.74 Å². The second-order valence-electron chi connectivity index (χ2n) is 7.14. The van der Waals surface area contributed by atoms with Crippen LogP contribution in [0.4, 0.5) is 0 Å². The van der Waals surface area contributed by atoms with Crippen molar-refractivity contribution in [2.75, 3.05) is 34.5 Å². The van der Waals surface area contributed by atoms with Crippen LogP contribution in [0.25, 0.3) is 5.70 Å². The van der Waals surface area contributed by atoms with Gasteiger partial charge in [0.15, 0.2) is 12.6 Å². The van der Waals surface area contributed by atoms with Gasteiger partial charge in [-0.2, -0.15) is 0 Å². The number of hydrogen-bond donors (Lipinski definition) is 1. The summed E-state index contributed by atoms with van der Waals surface area (Å²) in [6.07, 6.45) is 6.18. The van der Waals surface area contributed by atoms with Crippen molar-refractivity contribution in [3.8, 4) is 5.75 Å². The van der Waals surface area contributed by atoms with Crippen molar-refractivity contribution < 1.29 is 24.2 Å². The Morgan fingerprint density at radius 2 is 1.93 bits per heavy atom. The van der Waals surface area contributed by atoms with Crippen LogP contribution in [0, 0.1) is 0 Å². The van der Waals surface area contributed by atoms with Gasteiger partial charge >= 0.3 is 0 Å². The summed E-state index contributed by atoms with van der Waals surface area (Å²) in [4.78, 5) is 25.9. The molecule has 0 aromatic heterocycles. The van der Waals surface area contributed by atoms with E-state index in [1.807, 2.05) is 6.07 Å². The summed E-state index contributed by atoms with van der Waals surface area (Å²) in [5, 5.41) is 7.13. The Labute approximate surface area is 182 Å². The number of rotatable bonds is 10. The third kappa shape index (κ3) is 5.97. The third-order valence-electron chi connectivity index (χ3n) is 5.03. The predicted molar refractivity (Wildman–Crippen MR) is 120 cm³/mol. The number of aliphatic hydroxyl groups is 1. The summed E-state index contributed by atoms with van der Waals surface area (Å²) in [7, 11) is 4.79. The predicted octanol–water partition coefficient (Wildman–Crippen LogP) is 3.33. The first kappa shape index (κ1) is 24.2. The van der Waals surface area contributed by atoms with Gasteiger partial charge in [0.1, 0.15) is 5.75 Å². The molecule has 7 heteroatoms. The number of benzene rings is 1. The van der Waals surface area contributed by atoms with Crippen LogP contribution in [0.1, 0.15) is 31.7 Å². The SMILES string of the molecule is CO.COCCCOc1ccc2c(c1)SC(C)C(C=C(C=O)C=O)=C2N(C)C1CC1. The van der Waals surface area contributed by atoms with Gasteiger partial charge < -0.3 is 19.5 Å². The average molecular weight is 434 g/mol. The van der Waals surface area contributed by atoms with Gasteiger partial charge in [-0.1, -0.05) is 0 Å². The van der Waals surface area contributed by atoms with Crippen molar-refractivity contribution in [1.82, 2.24) is 4.90 Å². The van der Waals surface area contributed by atoms with E-state index in [1.54, 1.807) is 24.9 Å². The van der Waals surface area contributed by atoms with E-state index in [1.165, 1.54) is 12.8 Å². The minimum Gasteiger partial charge on any atom is -0.493 e. The largest absolute Gasteiger partial charge is 0.493 e. The molecule has 1 aromatic carbocycles. The summed E-state index contributed by atoms with van der Waals surface area (Å²) in [5.74, 6) is 0.850. The highest BCUT2D eigenvalue weighted by molar-refractivity contribution is 8.00. The van der Waals surface area contributed by atoms with Crippen molar-refractivity contribution in [3.63, 3.8) is 0 Å². The van der Waals surface area contributed by atoms with Crippen LogP contribution in [-0.2, 0) is 14.3 Å². The maximum absolute atomic E-state index is 11.2. The number of aldehydes is 2. The summed E-state index contributed by atoms with van der Waals surface area (Å²) >= 11 is 1.73. The van der Waals surface area contributed by atoms with Crippen LogP contribution in [0.3, 0.4) is 0 Å². The lowest BCUT2D eigenvalue weighted by molar-refractivity contribution is -0.109. The molecule has 0 bridgehead atoms. The molecule has 1 heterocycles. The van der Waals surface area contributed by atoms with Crippen LogP contribution in [-0.4, -0.2) is 68.4 Å². The smallest absolute Gasteiger partial charge is 0.153 e. The van der Waals surface area contributed by atoms with E-state index in [9.17, 15) is 9.59 Å². The Balaban J connectivity index is 0.00000155. The Hall–Kier alpha value is -2.09. The molecule has 1 unspecified atom stereocenters. The van der Waals surface area contributed by atoms with Gasteiger partial charge in [0.25, 0.3) is 0 Å². The fraction of sp³-hybridized carbons (Fsp3) is 0.478. The van der Waals surface area contributed by atoms with E-state index >= 15 is 0 Å². The molecule has 1 aromatic rings. The first-order valence-corrected chi connectivity index (χ1v) is 10.9. The van der Waals surface area contributed by atoms with Crippen LogP contribution in [0.15, 0.2) is 40.3 Å². The quantitative estimate of drug-likeness (QED) is 0.199. The van der Waals surface area contributed by atoms with E-state index in [0.29, 0.717) is 31.8 Å². The van der Waals surface area contributed by atoms with E-state index < -0.39 is 0 Å². The number of carbonyl (C=O) groups excluding carboxylic acids is 2. The molecule has 30 heavy (non-hydrogen) atoms. The number of nitrogens with zero attached hydrogens (tertiary/aromatic N) is 1. The Bertz CT molecular complexity index is 791. The van der Waals surface area contributed by atoms with Crippen molar-refractivity contribution in [2.45, 2.75) is 42.4 Å². The molecule has 1 saturated carbocycles. The Kier molecular flexibility index (Phi) is 9.62. The summed E-state index contributed by atoms with van der Waals surface area (Å²) in [5.41, 5.74) is 3.43. The molecule has 0 amide bonds. The highest BCUT2D eigenvalue weighted by Gasteiger charge is 2.34. The zero-order valence-electron chi connectivity index (χ0n) is 18.1. The zero-order chi connectivity index (χ0) is 22.1. The van der Waals surface area contributed by atoms with Crippen molar-refractivity contribution in [3.05, 3.63) is 41.0 Å². The average Bonchev–Trinajstić information content (AvgIpc) is 3.61.